The lowest BCUT2D eigenvalue weighted by Gasteiger charge is -2.34. The summed E-state index contributed by atoms with van der Waals surface area (Å²) in [5.74, 6) is -3.05. The summed E-state index contributed by atoms with van der Waals surface area (Å²) in [7, 11) is -8.43. The van der Waals surface area contributed by atoms with Gasteiger partial charge in [0.15, 0.2) is 9.84 Å². The summed E-state index contributed by atoms with van der Waals surface area (Å²) < 4.78 is 67.0. The predicted molar refractivity (Wildman–Crippen MR) is 181 cm³/mol. The van der Waals surface area contributed by atoms with Crippen LogP contribution in [-0.4, -0.2) is 74.9 Å². The zero-order valence-electron chi connectivity index (χ0n) is 27.2. The minimum Gasteiger partial charge on any atom is -0.493 e. The van der Waals surface area contributed by atoms with Crippen LogP contribution in [-0.2, 0) is 48.8 Å². The van der Waals surface area contributed by atoms with E-state index in [1.807, 2.05) is 60.7 Å². The van der Waals surface area contributed by atoms with Crippen molar-refractivity contribution in [3.05, 3.63) is 95.6 Å². The average Bonchev–Trinajstić information content (AvgIpc) is 3.73. The molecule has 2 aliphatic heterocycles. The Morgan fingerprint density at radius 2 is 1.65 bits per heavy atom. The van der Waals surface area contributed by atoms with E-state index in [1.54, 1.807) is 13.0 Å². The molecular formula is C35H43N3O8S2. The maximum Gasteiger partial charge on any atom is 0.410 e. The Balaban J connectivity index is 1.32. The highest BCUT2D eigenvalue weighted by Crippen LogP contribution is 2.31. The number of hydrogen-bond donors (Lipinski definition) is 1. The molecule has 13 heteroatoms. The highest BCUT2D eigenvalue weighted by Gasteiger charge is 2.41. The van der Waals surface area contributed by atoms with Gasteiger partial charge in [0.05, 0.1) is 35.1 Å². The Morgan fingerprint density at radius 3 is 2.33 bits per heavy atom. The van der Waals surface area contributed by atoms with Crippen molar-refractivity contribution in [1.82, 2.24) is 9.21 Å². The number of likely N-dealkylation sites (tertiary alicyclic amines) is 1. The van der Waals surface area contributed by atoms with Gasteiger partial charge < -0.3 is 20.1 Å². The number of hydrogen-bond acceptors (Lipinski definition) is 9. The van der Waals surface area contributed by atoms with Crippen LogP contribution in [0.25, 0.3) is 0 Å². The monoisotopic (exact) mass is 697 g/mol. The standard InChI is InChI=1S/C35H43N3O8S2/c1-25(20-27-10-5-3-6-11-27)33(36)38(48(43,44)31-15-16-32-29(21-31)17-19-45-32)34(39)26(2)23-47(41,42)24-30-14-9-18-37(30)35(40)46-22-28-12-7-4-8-13-28/h3-8,10-13,15-16,21,25-26,30,33H,9,14,17-20,22-24,36H2,1-2H3/t25-,26?,30-,33-/m0/s1. The van der Waals surface area contributed by atoms with Crippen molar-refractivity contribution in [2.75, 3.05) is 24.7 Å². The number of benzene rings is 3. The molecule has 1 unspecified atom stereocenters. The summed E-state index contributed by atoms with van der Waals surface area (Å²) in [6.45, 7) is 4.00. The van der Waals surface area contributed by atoms with Gasteiger partial charge in [0.1, 0.15) is 12.4 Å². The number of rotatable bonds is 13. The van der Waals surface area contributed by atoms with Gasteiger partial charge in [0.2, 0.25) is 5.91 Å². The first-order valence-corrected chi connectivity index (χ1v) is 19.4. The van der Waals surface area contributed by atoms with Gasteiger partial charge in [-0.2, -0.15) is 0 Å². The number of carbonyl (C=O) groups is 2. The summed E-state index contributed by atoms with van der Waals surface area (Å²) in [4.78, 5) is 28.3. The fourth-order valence-electron chi connectivity index (χ4n) is 6.28. The van der Waals surface area contributed by atoms with Gasteiger partial charge in [0, 0.05) is 19.0 Å². The minimum atomic E-state index is -4.49. The second kappa shape index (κ2) is 15.1. The van der Waals surface area contributed by atoms with Crippen molar-refractivity contribution in [1.29, 1.82) is 0 Å². The summed E-state index contributed by atoms with van der Waals surface area (Å²) in [6.07, 6.45) is 0.116. The normalized spacial score (nSPS) is 18.0. The maximum atomic E-state index is 14.2. The summed E-state index contributed by atoms with van der Waals surface area (Å²) >= 11 is 0. The van der Waals surface area contributed by atoms with Gasteiger partial charge in [-0.05, 0) is 60.1 Å². The number of nitrogens with zero attached hydrogens (tertiary/aromatic N) is 2. The zero-order chi connectivity index (χ0) is 34.5. The first kappa shape index (κ1) is 35.4. The van der Waals surface area contributed by atoms with Gasteiger partial charge >= 0.3 is 6.09 Å². The van der Waals surface area contributed by atoms with Gasteiger partial charge in [-0.15, -0.1) is 0 Å². The molecule has 2 N–H and O–H groups in total. The number of fused-ring (bicyclic) bond motifs is 1. The van der Waals surface area contributed by atoms with Gasteiger partial charge in [-0.1, -0.05) is 74.5 Å². The fourth-order valence-corrected chi connectivity index (χ4v) is 9.96. The summed E-state index contributed by atoms with van der Waals surface area (Å²) in [5.41, 5.74) is 9.02. The highest BCUT2D eigenvalue weighted by atomic mass is 32.2. The van der Waals surface area contributed by atoms with Crippen molar-refractivity contribution in [2.45, 2.75) is 63.2 Å². The molecule has 2 aliphatic rings. The van der Waals surface area contributed by atoms with E-state index in [4.69, 9.17) is 15.2 Å². The SMILES string of the molecule is CC(CS(=O)(=O)C[C@@H]1CCCN1C(=O)OCc1ccccc1)C(=O)N([C@H](N)[C@@H](C)Cc1ccccc1)S(=O)(=O)c1ccc2c(c1)CCO2. The third-order valence-corrected chi connectivity index (χ3v) is 12.6. The van der Waals surface area contributed by atoms with Crippen LogP contribution in [0.15, 0.2) is 83.8 Å². The van der Waals surface area contributed by atoms with E-state index in [-0.39, 0.29) is 17.3 Å². The molecule has 1 saturated heterocycles. The van der Waals surface area contributed by atoms with Crippen LogP contribution in [0.5, 0.6) is 5.75 Å². The predicted octanol–water partition coefficient (Wildman–Crippen LogP) is 4.15. The molecule has 3 aromatic rings. The van der Waals surface area contributed by atoms with Crippen LogP contribution in [0, 0.1) is 11.8 Å². The summed E-state index contributed by atoms with van der Waals surface area (Å²) in [5, 5.41) is 0. The largest absolute Gasteiger partial charge is 0.493 e. The van der Waals surface area contributed by atoms with Gasteiger partial charge in [-0.25, -0.2) is 25.9 Å². The molecule has 0 saturated carbocycles. The first-order chi connectivity index (χ1) is 22.9. The van der Waals surface area contributed by atoms with E-state index < -0.39 is 61.7 Å². The molecule has 0 aliphatic carbocycles. The number of sulfone groups is 1. The molecule has 48 heavy (non-hydrogen) atoms. The van der Waals surface area contributed by atoms with Crippen molar-refractivity contribution >= 4 is 31.9 Å². The molecule has 0 radical (unpaired) electrons. The Labute approximate surface area is 283 Å². The molecule has 1 fully saturated rings. The van der Waals surface area contributed by atoms with Gasteiger partial charge in [-0.3, -0.25) is 4.79 Å². The lowest BCUT2D eigenvalue weighted by molar-refractivity contribution is -0.131. The van der Waals surface area contributed by atoms with E-state index in [2.05, 4.69) is 0 Å². The molecule has 5 rings (SSSR count). The zero-order valence-corrected chi connectivity index (χ0v) is 28.9. The van der Waals surface area contributed by atoms with Crippen molar-refractivity contribution in [3.8, 4) is 5.75 Å². The highest BCUT2D eigenvalue weighted by molar-refractivity contribution is 7.91. The van der Waals surface area contributed by atoms with Gasteiger partial charge in [0.25, 0.3) is 10.0 Å². The van der Waals surface area contributed by atoms with Crippen LogP contribution in [0.3, 0.4) is 0 Å². The molecule has 2 amide bonds. The van der Waals surface area contributed by atoms with Crippen molar-refractivity contribution < 1.29 is 35.9 Å². The Kier molecular flexibility index (Phi) is 11.1. The molecule has 4 atom stereocenters. The molecule has 3 aromatic carbocycles. The van der Waals surface area contributed by atoms with Crippen LogP contribution in [0.4, 0.5) is 4.79 Å². The quantitative estimate of drug-likeness (QED) is 0.260. The molecule has 2 heterocycles. The average molecular weight is 698 g/mol. The number of carbonyl (C=O) groups excluding carboxylic acids is 2. The van der Waals surface area contributed by atoms with E-state index >= 15 is 0 Å². The van der Waals surface area contributed by atoms with Crippen LogP contribution < -0.4 is 10.5 Å². The Hall–Kier alpha value is -3.94. The van der Waals surface area contributed by atoms with Crippen LogP contribution in [0.1, 0.15) is 43.4 Å². The summed E-state index contributed by atoms with van der Waals surface area (Å²) in [6, 6.07) is 22.4. The second-order valence-electron chi connectivity index (χ2n) is 12.7. The molecule has 0 aromatic heterocycles. The smallest absolute Gasteiger partial charge is 0.410 e. The topological polar surface area (TPSA) is 153 Å². The second-order valence-corrected chi connectivity index (χ2v) is 16.6. The fraction of sp³-hybridized carbons (Fsp3) is 0.429. The molecule has 0 spiro atoms. The van der Waals surface area contributed by atoms with E-state index in [0.717, 1.165) is 11.1 Å². The first-order valence-electron chi connectivity index (χ1n) is 16.2. The molecular weight excluding hydrogens is 655 g/mol. The molecule has 258 valence electrons. The van der Waals surface area contributed by atoms with E-state index in [0.29, 0.717) is 54.5 Å². The lowest BCUT2D eigenvalue weighted by atomic mass is 9.98. The molecule has 0 bridgehead atoms. The van der Waals surface area contributed by atoms with Crippen LogP contribution in [0.2, 0.25) is 0 Å². The number of nitrogens with two attached hydrogens (primary N) is 1. The molecule has 11 nitrogen and oxygen atoms in total. The third kappa shape index (κ3) is 8.37. The Bertz CT molecular complexity index is 1800. The van der Waals surface area contributed by atoms with E-state index in [9.17, 15) is 26.4 Å². The van der Waals surface area contributed by atoms with Crippen LogP contribution >= 0.6 is 0 Å². The minimum absolute atomic E-state index is 0.0612. The lowest BCUT2D eigenvalue weighted by Crippen LogP contribution is -2.55. The third-order valence-electron chi connectivity index (χ3n) is 8.88. The number of ether oxygens (including phenoxy) is 2. The van der Waals surface area contributed by atoms with E-state index in [1.165, 1.54) is 24.0 Å². The maximum absolute atomic E-state index is 14.2. The van der Waals surface area contributed by atoms with Crippen molar-refractivity contribution in [3.63, 3.8) is 0 Å². The number of amides is 2. The Morgan fingerprint density at radius 1 is 0.979 bits per heavy atom. The number of sulfonamides is 1. The van der Waals surface area contributed by atoms with Crippen molar-refractivity contribution in [2.24, 2.45) is 17.6 Å².